The van der Waals surface area contributed by atoms with Gasteiger partial charge in [0.1, 0.15) is 5.82 Å². The third-order valence-corrected chi connectivity index (χ3v) is 4.31. The largest absolute Gasteiger partial charge is 0.310 e. The van der Waals surface area contributed by atoms with Crippen molar-refractivity contribution in [1.82, 2.24) is 9.78 Å². The van der Waals surface area contributed by atoms with E-state index in [0.717, 1.165) is 5.56 Å². The Bertz CT molecular complexity index is 816. The molecule has 1 aromatic heterocycles. The summed E-state index contributed by atoms with van der Waals surface area (Å²) in [6, 6.07) is 4.68. The summed E-state index contributed by atoms with van der Waals surface area (Å²) in [6.45, 7) is 1.82. The molecule has 23 heavy (non-hydrogen) atoms. The Morgan fingerprint density at radius 1 is 1.43 bits per heavy atom. The molecule has 1 aromatic carbocycles. The molecule has 1 atom stereocenters. The first kappa shape index (κ1) is 15.8. The Labute approximate surface area is 142 Å². The van der Waals surface area contributed by atoms with E-state index in [0.29, 0.717) is 28.1 Å². The molecule has 2 amide bonds. The van der Waals surface area contributed by atoms with Crippen LogP contribution in [0.15, 0.2) is 18.2 Å². The molecule has 6 nitrogen and oxygen atoms in total. The molecule has 2 N–H and O–H groups in total. The van der Waals surface area contributed by atoms with Crippen LogP contribution in [0.25, 0.3) is 0 Å². The average molecular weight is 353 g/mol. The Hall–Kier alpha value is -2.05. The van der Waals surface area contributed by atoms with Crippen LogP contribution in [-0.2, 0) is 18.3 Å². The van der Waals surface area contributed by atoms with Gasteiger partial charge >= 0.3 is 0 Å². The van der Waals surface area contributed by atoms with Gasteiger partial charge in [-0.05, 0) is 24.6 Å². The van der Waals surface area contributed by atoms with E-state index >= 15 is 0 Å². The normalized spacial score (nSPS) is 16.7. The van der Waals surface area contributed by atoms with Crippen LogP contribution in [0.2, 0.25) is 10.0 Å². The fourth-order valence-electron chi connectivity index (χ4n) is 2.50. The highest BCUT2D eigenvalue weighted by Gasteiger charge is 2.29. The lowest BCUT2D eigenvalue weighted by atomic mass is 9.98. The third kappa shape index (κ3) is 2.92. The molecule has 1 aliphatic rings. The summed E-state index contributed by atoms with van der Waals surface area (Å²) < 4.78 is 1.54. The Morgan fingerprint density at radius 3 is 2.91 bits per heavy atom. The summed E-state index contributed by atoms with van der Waals surface area (Å²) >= 11 is 12.0. The predicted molar refractivity (Wildman–Crippen MR) is 89.1 cm³/mol. The highest BCUT2D eigenvalue weighted by molar-refractivity contribution is 6.36. The molecule has 0 saturated heterocycles. The summed E-state index contributed by atoms with van der Waals surface area (Å²) in [4.78, 5) is 24.2. The molecule has 8 heteroatoms. The van der Waals surface area contributed by atoms with Gasteiger partial charge in [-0.1, -0.05) is 30.1 Å². The lowest BCUT2D eigenvalue weighted by Gasteiger charge is -2.19. The molecule has 0 radical (unpaired) electrons. The van der Waals surface area contributed by atoms with Crippen molar-refractivity contribution in [3.05, 3.63) is 39.4 Å². The van der Waals surface area contributed by atoms with Gasteiger partial charge in [0.05, 0.1) is 10.6 Å². The van der Waals surface area contributed by atoms with E-state index in [-0.39, 0.29) is 17.4 Å². The summed E-state index contributed by atoms with van der Waals surface area (Å²) in [5.41, 5.74) is 1.07. The minimum atomic E-state index is -0.400. The summed E-state index contributed by atoms with van der Waals surface area (Å²) in [6.07, 6.45) is 0.508. The summed E-state index contributed by atoms with van der Waals surface area (Å²) in [5, 5.41) is 10.5. The highest BCUT2D eigenvalue weighted by atomic mass is 35.5. The van der Waals surface area contributed by atoms with E-state index in [9.17, 15) is 9.59 Å². The maximum absolute atomic E-state index is 12.4. The molecule has 0 fully saturated rings. The highest BCUT2D eigenvalue weighted by Crippen LogP contribution is 2.31. The Kier molecular flexibility index (Phi) is 4.04. The lowest BCUT2D eigenvalue weighted by molar-refractivity contribution is -0.119. The summed E-state index contributed by atoms with van der Waals surface area (Å²) in [5.74, 6) is 0.368. The first-order valence-electron chi connectivity index (χ1n) is 7.00. The molecule has 3 rings (SSSR count). The molecular formula is C15H14Cl2N4O2. The van der Waals surface area contributed by atoms with Crippen molar-refractivity contribution in [2.24, 2.45) is 13.0 Å². The van der Waals surface area contributed by atoms with Crippen LogP contribution in [-0.4, -0.2) is 21.6 Å². The van der Waals surface area contributed by atoms with E-state index in [4.69, 9.17) is 23.2 Å². The number of anilines is 2. The number of halogens is 2. The van der Waals surface area contributed by atoms with Crippen LogP contribution in [0.1, 0.15) is 22.8 Å². The number of benzene rings is 1. The molecule has 1 unspecified atom stereocenters. The number of amides is 2. The van der Waals surface area contributed by atoms with Gasteiger partial charge in [0.25, 0.3) is 5.91 Å². The van der Waals surface area contributed by atoms with E-state index in [2.05, 4.69) is 15.7 Å². The maximum atomic E-state index is 12.4. The fraction of sp³-hybridized carbons (Fsp3) is 0.267. The van der Waals surface area contributed by atoms with Crippen LogP contribution >= 0.6 is 23.2 Å². The predicted octanol–water partition coefficient (Wildman–Crippen LogP) is 3.11. The number of carbonyl (C=O) groups excluding carboxylic acids is 2. The van der Waals surface area contributed by atoms with Crippen LogP contribution in [0.5, 0.6) is 0 Å². The van der Waals surface area contributed by atoms with E-state index in [1.807, 2.05) is 6.92 Å². The molecule has 0 spiro atoms. The molecule has 0 bridgehead atoms. The van der Waals surface area contributed by atoms with Crippen molar-refractivity contribution < 1.29 is 9.59 Å². The van der Waals surface area contributed by atoms with Gasteiger partial charge in [-0.2, -0.15) is 5.10 Å². The van der Waals surface area contributed by atoms with E-state index in [1.165, 1.54) is 10.7 Å². The number of aromatic nitrogens is 2. The minimum Gasteiger partial charge on any atom is -0.310 e. The zero-order valence-electron chi connectivity index (χ0n) is 12.5. The topological polar surface area (TPSA) is 76.0 Å². The van der Waals surface area contributed by atoms with Crippen molar-refractivity contribution in [3.63, 3.8) is 0 Å². The molecular weight excluding hydrogens is 339 g/mol. The van der Waals surface area contributed by atoms with E-state index in [1.54, 1.807) is 19.2 Å². The second-order valence-corrected chi connectivity index (χ2v) is 6.32. The SMILES string of the molecule is CC1Cc2c(NC(=O)c3cc(Cl)ccc3Cl)nn(C)c2NC1=O. The van der Waals surface area contributed by atoms with Crippen molar-refractivity contribution in [3.8, 4) is 0 Å². The minimum absolute atomic E-state index is 0.0590. The zero-order chi connectivity index (χ0) is 16.7. The maximum Gasteiger partial charge on any atom is 0.258 e. The Morgan fingerprint density at radius 2 is 2.17 bits per heavy atom. The first-order valence-corrected chi connectivity index (χ1v) is 7.75. The van der Waals surface area contributed by atoms with Gasteiger partial charge in [0.15, 0.2) is 5.82 Å². The lowest BCUT2D eigenvalue weighted by Crippen LogP contribution is -2.28. The number of fused-ring (bicyclic) bond motifs is 1. The van der Waals surface area contributed by atoms with Crippen LogP contribution in [0.4, 0.5) is 11.6 Å². The van der Waals surface area contributed by atoms with Crippen molar-refractivity contribution in [2.75, 3.05) is 10.6 Å². The second kappa shape index (κ2) is 5.86. The van der Waals surface area contributed by atoms with Gasteiger partial charge in [0, 0.05) is 23.6 Å². The Balaban J connectivity index is 1.92. The fourth-order valence-corrected chi connectivity index (χ4v) is 2.88. The van der Waals surface area contributed by atoms with Gasteiger partial charge < -0.3 is 10.6 Å². The molecule has 0 aliphatic carbocycles. The standard InChI is InChI=1S/C15H14Cl2N4O2/c1-7-5-10-12(20-21(2)13(10)19-14(7)22)18-15(23)9-6-8(16)3-4-11(9)17/h3-4,6-7H,5H2,1-2H3,(H,19,22)(H,18,20,23). The average Bonchev–Trinajstić information content (AvgIpc) is 2.78. The quantitative estimate of drug-likeness (QED) is 0.871. The number of rotatable bonds is 2. The van der Waals surface area contributed by atoms with Crippen LogP contribution in [0, 0.1) is 5.92 Å². The van der Waals surface area contributed by atoms with Gasteiger partial charge in [0.2, 0.25) is 5.91 Å². The molecule has 0 saturated carbocycles. The molecule has 2 heterocycles. The second-order valence-electron chi connectivity index (χ2n) is 5.47. The monoisotopic (exact) mass is 352 g/mol. The smallest absolute Gasteiger partial charge is 0.258 e. The van der Waals surface area contributed by atoms with Crippen LogP contribution < -0.4 is 10.6 Å². The van der Waals surface area contributed by atoms with Crippen molar-refractivity contribution in [2.45, 2.75) is 13.3 Å². The summed E-state index contributed by atoms with van der Waals surface area (Å²) in [7, 11) is 1.71. The van der Waals surface area contributed by atoms with Crippen molar-refractivity contribution in [1.29, 1.82) is 0 Å². The van der Waals surface area contributed by atoms with E-state index < -0.39 is 5.91 Å². The number of nitrogens with zero attached hydrogens (tertiary/aromatic N) is 2. The van der Waals surface area contributed by atoms with Crippen LogP contribution in [0.3, 0.4) is 0 Å². The van der Waals surface area contributed by atoms with Gasteiger partial charge in [-0.25, -0.2) is 0 Å². The molecule has 2 aromatic rings. The zero-order valence-corrected chi connectivity index (χ0v) is 14.0. The van der Waals surface area contributed by atoms with Gasteiger partial charge in [-0.3, -0.25) is 14.3 Å². The third-order valence-electron chi connectivity index (χ3n) is 3.75. The molecule has 1 aliphatic heterocycles. The number of aryl methyl sites for hydroxylation is 1. The first-order chi connectivity index (χ1) is 10.9. The number of carbonyl (C=O) groups is 2. The number of hydrogen-bond acceptors (Lipinski definition) is 3. The number of nitrogens with one attached hydrogen (secondary N) is 2. The van der Waals surface area contributed by atoms with Crippen molar-refractivity contribution >= 4 is 46.7 Å². The molecule has 120 valence electrons. The number of hydrogen-bond donors (Lipinski definition) is 2. The van der Waals surface area contributed by atoms with Gasteiger partial charge in [-0.15, -0.1) is 0 Å².